The van der Waals surface area contributed by atoms with E-state index in [0.717, 1.165) is 11.3 Å². The van der Waals surface area contributed by atoms with Crippen LogP contribution in [0.15, 0.2) is 18.2 Å². The predicted octanol–water partition coefficient (Wildman–Crippen LogP) is 2.42. The number of carbonyl (C=O) groups excluding carboxylic acids is 2. The lowest BCUT2D eigenvalue weighted by Gasteiger charge is -2.17. The van der Waals surface area contributed by atoms with Crippen LogP contribution >= 0.6 is 11.6 Å². The number of carbonyl (C=O) groups is 2. The first kappa shape index (κ1) is 12.1. The van der Waals surface area contributed by atoms with Crippen LogP contribution in [0.4, 0.5) is 5.69 Å². The molecule has 1 atom stereocenters. The fourth-order valence-corrected chi connectivity index (χ4v) is 2.15. The van der Waals surface area contributed by atoms with Gasteiger partial charge >= 0.3 is 0 Å². The summed E-state index contributed by atoms with van der Waals surface area (Å²) in [6.45, 7) is 4.42. The maximum Gasteiger partial charge on any atom is 0.227 e. The van der Waals surface area contributed by atoms with Crippen LogP contribution < -0.4 is 4.90 Å². The standard InChI is InChI=1S/C13H14ClNO2/c1-8-3-4-11(5-9(8)2)15-7-10(13(14)17)6-12(15)16/h3-5,10H,6-7H2,1-2H3/t10-/m1/s1. The van der Waals surface area contributed by atoms with Crippen molar-refractivity contribution in [3.63, 3.8) is 0 Å². The van der Waals surface area contributed by atoms with Gasteiger partial charge in [-0.2, -0.15) is 0 Å². The Bertz CT molecular complexity index is 484. The van der Waals surface area contributed by atoms with E-state index in [1.807, 2.05) is 32.0 Å². The summed E-state index contributed by atoms with van der Waals surface area (Å²) in [5.74, 6) is -0.405. The van der Waals surface area contributed by atoms with Crippen LogP contribution in [-0.4, -0.2) is 17.7 Å². The van der Waals surface area contributed by atoms with Gasteiger partial charge in [0.15, 0.2) is 0 Å². The van der Waals surface area contributed by atoms with Crippen molar-refractivity contribution in [1.29, 1.82) is 0 Å². The molecule has 0 unspecified atom stereocenters. The van der Waals surface area contributed by atoms with E-state index in [-0.39, 0.29) is 18.2 Å². The third kappa shape index (κ3) is 2.34. The van der Waals surface area contributed by atoms with Crippen molar-refractivity contribution < 1.29 is 9.59 Å². The van der Waals surface area contributed by atoms with Gasteiger partial charge in [-0.25, -0.2) is 0 Å². The number of rotatable bonds is 2. The largest absolute Gasteiger partial charge is 0.312 e. The fraction of sp³-hybridized carbons (Fsp3) is 0.385. The summed E-state index contributed by atoms with van der Waals surface area (Å²) >= 11 is 5.44. The highest BCUT2D eigenvalue weighted by atomic mass is 35.5. The number of benzene rings is 1. The summed E-state index contributed by atoms with van der Waals surface area (Å²) in [4.78, 5) is 24.5. The second-order valence-corrected chi connectivity index (χ2v) is 4.85. The van der Waals surface area contributed by atoms with Crippen molar-refractivity contribution in [3.05, 3.63) is 29.3 Å². The maximum atomic E-state index is 11.8. The van der Waals surface area contributed by atoms with E-state index in [9.17, 15) is 9.59 Å². The van der Waals surface area contributed by atoms with E-state index in [4.69, 9.17) is 11.6 Å². The van der Waals surface area contributed by atoms with Gasteiger partial charge in [-0.05, 0) is 48.7 Å². The highest BCUT2D eigenvalue weighted by Crippen LogP contribution is 2.27. The molecule has 0 spiro atoms. The molecule has 0 saturated carbocycles. The predicted molar refractivity (Wildman–Crippen MR) is 67.2 cm³/mol. The second kappa shape index (κ2) is 4.49. The number of halogens is 1. The van der Waals surface area contributed by atoms with E-state index in [2.05, 4.69) is 0 Å². The molecular weight excluding hydrogens is 238 g/mol. The smallest absolute Gasteiger partial charge is 0.227 e. The molecule has 1 aromatic carbocycles. The fourth-order valence-electron chi connectivity index (χ4n) is 2.00. The minimum absolute atomic E-state index is 0.0350. The molecule has 1 aliphatic heterocycles. The Morgan fingerprint density at radius 3 is 2.59 bits per heavy atom. The molecule has 1 fully saturated rings. The molecule has 17 heavy (non-hydrogen) atoms. The second-order valence-electron chi connectivity index (χ2n) is 4.48. The summed E-state index contributed by atoms with van der Waals surface area (Å²) in [6.07, 6.45) is 0.218. The summed E-state index contributed by atoms with van der Waals surface area (Å²) in [5, 5.41) is -0.426. The minimum Gasteiger partial charge on any atom is -0.312 e. The van der Waals surface area contributed by atoms with Crippen molar-refractivity contribution in [2.75, 3.05) is 11.4 Å². The minimum atomic E-state index is -0.426. The van der Waals surface area contributed by atoms with Gasteiger partial charge in [-0.1, -0.05) is 6.07 Å². The van der Waals surface area contributed by atoms with Gasteiger partial charge in [0.05, 0.1) is 5.92 Å². The van der Waals surface area contributed by atoms with E-state index in [0.29, 0.717) is 6.54 Å². The highest BCUT2D eigenvalue weighted by Gasteiger charge is 2.34. The Balaban J connectivity index is 2.26. The first-order chi connectivity index (χ1) is 7.99. The van der Waals surface area contributed by atoms with Gasteiger partial charge in [0, 0.05) is 18.7 Å². The first-order valence-electron chi connectivity index (χ1n) is 5.56. The van der Waals surface area contributed by atoms with Crippen molar-refractivity contribution in [2.45, 2.75) is 20.3 Å². The molecule has 0 bridgehead atoms. The molecule has 4 heteroatoms. The molecule has 1 heterocycles. The molecule has 0 N–H and O–H groups in total. The maximum absolute atomic E-state index is 11.8. The van der Waals surface area contributed by atoms with Gasteiger partial charge in [-0.3, -0.25) is 9.59 Å². The van der Waals surface area contributed by atoms with Crippen LogP contribution in [0.1, 0.15) is 17.5 Å². The molecule has 1 amide bonds. The van der Waals surface area contributed by atoms with Crippen LogP contribution in [0.25, 0.3) is 0 Å². The normalized spacial score (nSPS) is 19.8. The van der Waals surface area contributed by atoms with E-state index in [1.54, 1.807) is 4.90 Å². The lowest BCUT2D eigenvalue weighted by Crippen LogP contribution is -2.25. The number of anilines is 1. The van der Waals surface area contributed by atoms with Gasteiger partial charge < -0.3 is 4.90 Å². The van der Waals surface area contributed by atoms with E-state index in [1.165, 1.54) is 5.56 Å². The Kier molecular flexibility index (Phi) is 3.20. The topological polar surface area (TPSA) is 37.4 Å². The molecule has 3 nitrogen and oxygen atoms in total. The molecule has 2 rings (SSSR count). The molecular formula is C13H14ClNO2. The molecule has 0 radical (unpaired) electrons. The Hall–Kier alpha value is -1.35. The first-order valence-corrected chi connectivity index (χ1v) is 5.94. The van der Waals surface area contributed by atoms with Crippen molar-refractivity contribution in [3.8, 4) is 0 Å². The molecule has 0 aliphatic carbocycles. The number of nitrogens with zero attached hydrogens (tertiary/aromatic N) is 1. The summed E-state index contributed by atoms with van der Waals surface area (Å²) in [7, 11) is 0. The van der Waals surface area contributed by atoms with Gasteiger partial charge in [0.25, 0.3) is 0 Å². The third-order valence-corrected chi connectivity index (χ3v) is 3.56. The lowest BCUT2D eigenvalue weighted by molar-refractivity contribution is -0.120. The Morgan fingerprint density at radius 1 is 1.35 bits per heavy atom. The number of hydrogen-bond donors (Lipinski definition) is 0. The SMILES string of the molecule is Cc1ccc(N2C[C@H](C(=O)Cl)CC2=O)cc1C. The van der Waals surface area contributed by atoms with Crippen LogP contribution in [0, 0.1) is 19.8 Å². The summed E-state index contributed by atoms with van der Waals surface area (Å²) < 4.78 is 0. The average molecular weight is 252 g/mol. The molecule has 1 aliphatic rings. The van der Waals surface area contributed by atoms with Crippen molar-refractivity contribution in [1.82, 2.24) is 0 Å². The van der Waals surface area contributed by atoms with Crippen molar-refractivity contribution >= 4 is 28.4 Å². The van der Waals surface area contributed by atoms with Crippen LogP contribution in [-0.2, 0) is 9.59 Å². The molecule has 1 saturated heterocycles. The van der Waals surface area contributed by atoms with Gasteiger partial charge in [0.2, 0.25) is 11.1 Å². The van der Waals surface area contributed by atoms with Crippen LogP contribution in [0.2, 0.25) is 0 Å². The number of hydrogen-bond acceptors (Lipinski definition) is 2. The zero-order valence-electron chi connectivity index (χ0n) is 9.87. The monoisotopic (exact) mass is 251 g/mol. The Labute approximate surface area is 105 Å². The highest BCUT2D eigenvalue weighted by molar-refractivity contribution is 6.64. The van der Waals surface area contributed by atoms with Gasteiger partial charge in [0.1, 0.15) is 0 Å². The lowest BCUT2D eigenvalue weighted by atomic mass is 10.1. The molecule has 1 aromatic rings. The average Bonchev–Trinajstić information content (AvgIpc) is 2.65. The Morgan fingerprint density at radius 2 is 2.06 bits per heavy atom. The zero-order chi connectivity index (χ0) is 12.6. The molecule has 0 aromatic heterocycles. The number of aryl methyl sites for hydroxylation is 2. The van der Waals surface area contributed by atoms with E-state index < -0.39 is 5.24 Å². The zero-order valence-corrected chi connectivity index (χ0v) is 10.6. The summed E-state index contributed by atoms with van der Waals surface area (Å²) in [6, 6.07) is 5.85. The van der Waals surface area contributed by atoms with Crippen LogP contribution in [0.3, 0.4) is 0 Å². The number of amides is 1. The van der Waals surface area contributed by atoms with Gasteiger partial charge in [-0.15, -0.1) is 0 Å². The quantitative estimate of drug-likeness (QED) is 0.757. The third-order valence-electron chi connectivity index (χ3n) is 3.25. The molecule has 90 valence electrons. The van der Waals surface area contributed by atoms with E-state index >= 15 is 0 Å². The van der Waals surface area contributed by atoms with Crippen molar-refractivity contribution in [2.24, 2.45) is 5.92 Å². The van der Waals surface area contributed by atoms with Crippen LogP contribution in [0.5, 0.6) is 0 Å². The summed E-state index contributed by atoms with van der Waals surface area (Å²) in [5.41, 5.74) is 3.17.